The first-order valence-electron chi connectivity index (χ1n) is 7.44. The van der Waals surface area contributed by atoms with Gasteiger partial charge in [0.05, 0.1) is 12.1 Å². The number of rotatable bonds is 2. The van der Waals surface area contributed by atoms with Gasteiger partial charge in [-0.25, -0.2) is 0 Å². The first-order valence-corrected chi connectivity index (χ1v) is 7.44. The van der Waals surface area contributed by atoms with Crippen LogP contribution < -0.4 is 5.73 Å². The Morgan fingerprint density at radius 1 is 1.40 bits per heavy atom. The van der Waals surface area contributed by atoms with Crippen molar-refractivity contribution in [1.29, 1.82) is 0 Å². The van der Waals surface area contributed by atoms with Crippen LogP contribution in [-0.2, 0) is 16.0 Å². The second-order valence-electron chi connectivity index (χ2n) is 5.74. The molecule has 0 radical (unpaired) electrons. The minimum atomic E-state index is -0.274. The highest BCUT2D eigenvalue weighted by atomic mass is 16.5. The van der Waals surface area contributed by atoms with Crippen LogP contribution in [0.2, 0.25) is 0 Å². The summed E-state index contributed by atoms with van der Waals surface area (Å²) in [6.07, 6.45) is 2.62. The van der Waals surface area contributed by atoms with E-state index in [1.54, 1.807) is 0 Å². The Bertz CT molecular complexity index is 503. The number of carbonyl (C=O) groups excluding carboxylic acids is 1. The molecular weight excluding hydrogens is 252 g/mol. The van der Waals surface area contributed by atoms with Crippen molar-refractivity contribution in [3.05, 3.63) is 35.4 Å². The summed E-state index contributed by atoms with van der Waals surface area (Å²) in [4.78, 5) is 14.6. The minimum absolute atomic E-state index is 0.00745. The van der Waals surface area contributed by atoms with E-state index >= 15 is 0 Å². The fourth-order valence-corrected chi connectivity index (χ4v) is 3.34. The van der Waals surface area contributed by atoms with E-state index in [9.17, 15) is 4.79 Å². The number of amides is 1. The van der Waals surface area contributed by atoms with Crippen molar-refractivity contribution >= 4 is 5.91 Å². The van der Waals surface area contributed by atoms with Gasteiger partial charge < -0.3 is 15.4 Å². The second-order valence-corrected chi connectivity index (χ2v) is 5.74. The average Bonchev–Trinajstić information content (AvgIpc) is 2.91. The third-order valence-corrected chi connectivity index (χ3v) is 4.43. The van der Waals surface area contributed by atoms with E-state index in [0.29, 0.717) is 6.54 Å². The molecule has 108 valence electrons. The average molecular weight is 274 g/mol. The zero-order chi connectivity index (χ0) is 14.1. The predicted molar refractivity (Wildman–Crippen MR) is 77.2 cm³/mol. The summed E-state index contributed by atoms with van der Waals surface area (Å²) in [5, 5.41) is 0. The molecule has 0 spiro atoms. The normalized spacial score (nSPS) is 29.3. The number of carbonyl (C=O) groups is 1. The topological polar surface area (TPSA) is 55.6 Å². The van der Waals surface area contributed by atoms with E-state index in [1.807, 2.05) is 24.0 Å². The molecule has 3 unspecified atom stereocenters. The summed E-state index contributed by atoms with van der Waals surface area (Å²) in [5.41, 5.74) is 8.45. The summed E-state index contributed by atoms with van der Waals surface area (Å²) < 4.78 is 5.73. The van der Waals surface area contributed by atoms with Crippen LogP contribution in [-0.4, -0.2) is 36.1 Å². The number of hydrogen-bond acceptors (Lipinski definition) is 3. The first kappa shape index (κ1) is 13.6. The minimum Gasteiger partial charge on any atom is -0.365 e. The molecular formula is C16H22N2O2. The van der Waals surface area contributed by atoms with E-state index in [2.05, 4.69) is 12.1 Å². The molecule has 4 nitrogen and oxygen atoms in total. The van der Waals surface area contributed by atoms with Gasteiger partial charge in [-0.3, -0.25) is 4.79 Å². The van der Waals surface area contributed by atoms with Crippen molar-refractivity contribution in [2.45, 2.75) is 44.4 Å². The van der Waals surface area contributed by atoms with Crippen LogP contribution in [0.4, 0.5) is 0 Å². The number of ether oxygens (including phenoxy) is 1. The number of nitrogens with zero attached hydrogens (tertiary/aromatic N) is 1. The van der Waals surface area contributed by atoms with Crippen molar-refractivity contribution in [3.63, 3.8) is 0 Å². The Kier molecular flexibility index (Phi) is 3.76. The van der Waals surface area contributed by atoms with Gasteiger partial charge in [0, 0.05) is 13.1 Å². The zero-order valence-corrected chi connectivity index (χ0v) is 11.9. The molecule has 3 rings (SSSR count). The van der Waals surface area contributed by atoms with Gasteiger partial charge in [-0.15, -0.1) is 0 Å². The lowest BCUT2D eigenvalue weighted by molar-refractivity contribution is -0.145. The van der Waals surface area contributed by atoms with E-state index in [0.717, 1.165) is 25.8 Å². The first-order chi connectivity index (χ1) is 9.70. The van der Waals surface area contributed by atoms with Crippen molar-refractivity contribution in [2.24, 2.45) is 5.73 Å². The molecule has 2 N–H and O–H groups in total. The Morgan fingerprint density at radius 2 is 2.20 bits per heavy atom. The van der Waals surface area contributed by atoms with Crippen molar-refractivity contribution in [3.8, 4) is 0 Å². The number of fused-ring (bicyclic) bond motifs is 1. The van der Waals surface area contributed by atoms with Gasteiger partial charge in [0.25, 0.3) is 5.91 Å². The fraction of sp³-hybridized carbons (Fsp3) is 0.562. The molecule has 0 bridgehead atoms. The lowest BCUT2D eigenvalue weighted by atomic mass is 9.92. The molecule has 1 fully saturated rings. The van der Waals surface area contributed by atoms with E-state index in [4.69, 9.17) is 10.5 Å². The molecule has 1 saturated heterocycles. The Balaban J connectivity index is 1.82. The standard InChI is InChI=1S/C16H22N2O2/c1-11-6-7-15(20-11)16(19)18-9-8-12-4-2-3-5-13(12)14(18)10-17/h2-5,11,14-15H,6-10,17H2,1H3. The van der Waals surface area contributed by atoms with Crippen molar-refractivity contribution < 1.29 is 9.53 Å². The van der Waals surface area contributed by atoms with Gasteiger partial charge in [0.1, 0.15) is 6.10 Å². The quantitative estimate of drug-likeness (QED) is 0.892. The van der Waals surface area contributed by atoms with Crippen molar-refractivity contribution in [2.75, 3.05) is 13.1 Å². The molecule has 2 heterocycles. The van der Waals surface area contributed by atoms with Crippen LogP contribution in [0.25, 0.3) is 0 Å². The third-order valence-electron chi connectivity index (χ3n) is 4.43. The lowest BCUT2D eigenvalue weighted by Gasteiger charge is -2.38. The van der Waals surface area contributed by atoms with Crippen LogP contribution in [0.3, 0.4) is 0 Å². The number of benzene rings is 1. The Labute approximate surface area is 119 Å². The second kappa shape index (κ2) is 5.54. The van der Waals surface area contributed by atoms with E-state index in [-0.39, 0.29) is 24.2 Å². The summed E-state index contributed by atoms with van der Waals surface area (Å²) in [6.45, 7) is 3.23. The van der Waals surface area contributed by atoms with Crippen LogP contribution in [0.5, 0.6) is 0 Å². The summed E-state index contributed by atoms with van der Waals surface area (Å²) in [5.74, 6) is 0.110. The highest BCUT2D eigenvalue weighted by Gasteiger charge is 2.36. The van der Waals surface area contributed by atoms with Crippen LogP contribution in [0.15, 0.2) is 24.3 Å². The highest BCUT2D eigenvalue weighted by Crippen LogP contribution is 2.31. The maximum absolute atomic E-state index is 12.7. The maximum atomic E-state index is 12.7. The van der Waals surface area contributed by atoms with E-state index in [1.165, 1.54) is 11.1 Å². The maximum Gasteiger partial charge on any atom is 0.252 e. The predicted octanol–water partition coefficient (Wildman–Crippen LogP) is 1.64. The molecule has 2 aliphatic heterocycles. The molecule has 3 atom stereocenters. The van der Waals surface area contributed by atoms with Crippen LogP contribution in [0, 0.1) is 0 Å². The number of hydrogen-bond donors (Lipinski definition) is 1. The lowest BCUT2D eigenvalue weighted by Crippen LogP contribution is -2.47. The van der Waals surface area contributed by atoms with Crippen LogP contribution >= 0.6 is 0 Å². The molecule has 20 heavy (non-hydrogen) atoms. The monoisotopic (exact) mass is 274 g/mol. The molecule has 1 amide bonds. The van der Waals surface area contributed by atoms with Crippen molar-refractivity contribution in [1.82, 2.24) is 4.90 Å². The summed E-state index contributed by atoms with van der Waals surface area (Å²) in [7, 11) is 0. The SMILES string of the molecule is CC1CCC(C(=O)N2CCc3ccccc3C2CN)O1. The molecule has 1 aromatic rings. The largest absolute Gasteiger partial charge is 0.365 e. The Hall–Kier alpha value is -1.39. The molecule has 2 aliphatic rings. The number of nitrogens with two attached hydrogens (primary N) is 1. The molecule has 0 aliphatic carbocycles. The smallest absolute Gasteiger partial charge is 0.252 e. The van der Waals surface area contributed by atoms with Gasteiger partial charge in [-0.05, 0) is 37.3 Å². The highest BCUT2D eigenvalue weighted by molar-refractivity contribution is 5.82. The van der Waals surface area contributed by atoms with Gasteiger partial charge in [-0.1, -0.05) is 24.3 Å². The Morgan fingerprint density at radius 3 is 2.90 bits per heavy atom. The van der Waals surface area contributed by atoms with E-state index < -0.39 is 0 Å². The fourth-order valence-electron chi connectivity index (χ4n) is 3.34. The van der Waals surface area contributed by atoms with Gasteiger partial charge >= 0.3 is 0 Å². The van der Waals surface area contributed by atoms with Gasteiger partial charge in [-0.2, -0.15) is 0 Å². The summed E-state index contributed by atoms with van der Waals surface area (Å²) >= 11 is 0. The molecule has 0 saturated carbocycles. The molecule has 0 aromatic heterocycles. The summed E-state index contributed by atoms with van der Waals surface area (Å²) in [6, 6.07) is 8.28. The molecule has 4 heteroatoms. The van der Waals surface area contributed by atoms with Gasteiger partial charge in [0.2, 0.25) is 0 Å². The van der Waals surface area contributed by atoms with Gasteiger partial charge in [0.15, 0.2) is 0 Å². The molecule has 1 aromatic carbocycles. The van der Waals surface area contributed by atoms with Crippen LogP contribution in [0.1, 0.15) is 36.9 Å². The zero-order valence-electron chi connectivity index (χ0n) is 11.9. The third kappa shape index (κ3) is 2.34.